The fourth-order valence-corrected chi connectivity index (χ4v) is 1.45. The summed E-state index contributed by atoms with van der Waals surface area (Å²) in [6.45, 7) is 5.52. The maximum absolute atomic E-state index is 7.28. The van der Waals surface area contributed by atoms with Crippen molar-refractivity contribution in [3.05, 3.63) is 27.9 Å². The zero-order chi connectivity index (χ0) is 11.6. The molecule has 4 nitrogen and oxygen atoms in total. The number of aryl methyl sites for hydroxylation is 1. The van der Waals surface area contributed by atoms with Crippen molar-refractivity contribution in [2.45, 2.75) is 20.8 Å². The van der Waals surface area contributed by atoms with Gasteiger partial charge < -0.3 is 16.9 Å². The average Bonchev–Trinajstić information content (AvgIpc) is 2.16. The van der Waals surface area contributed by atoms with Gasteiger partial charge in [-0.1, -0.05) is 0 Å². The topological polar surface area (TPSA) is 88.8 Å². The van der Waals surface area contributed by atoms with E-state index < -0.39 is 0 Å². The number of hydrogen-bond acceptors (Lipinski definition) is 4. The third-order valence-corrected chi connectivity index (χ3v) is 2.18. The second-order valence-corrected chi connectivity index (χ2v) is 3.60. The molecule has 1 heterocycles. The summed E-state index contributed by atoms with van der Waals surface area (Å²) < 4.78 is 0. The van der Waals surface area contributed by atoms with Crippen LogP contribution in [0.2, 0.25) is 0 Å². The number of nitrogens with one attached hydrogen (secondary N) is 1. The minimum absolute atomic E-state index is 0.556. The predicted molar refractivity (Wildman–Crippen MR) is 62.6 cm³/mol. The fraction of sp³-hybridized carbons (Fsp3) is 0.273. The Morgan fingerprint density at radius 3 is 2.33 bits per heavy atom. The summed E-state index contributed by atoms with van der Waals surface area (Å²) in [5.74, 6) is 0. The Morgan fingerprint density at radius 2 is 1.93 bits per heavy atom. The van der Waals surface area contributed by atoms with E-state index in [1.165, 1.54) is 6.21 Å². The lowest BCUT2D eigenvalue weighted by Crippen LogP contribution is -2.28. The molecule has 0 spiro atoms. The summed E-state index contributed by atoms with van der Waals surface area (Å²) in [5, 5.41) is 8.81. The third-order valence-electron chi connectivity index (χ3n) is 2.18. The Bertz CT molecular complexity index is 506. The second kappa shape index (κ2) is 4.13. The van der Waals surface area contributed by atoms with Crippen LogP contribution in [0.25, 0.3) is 11.4 Å². The van der Waals surface area contributed by atoms with E-state index in [-0.39, 0.29) is 0 Å². The van der Waals surface area contributed by atoms with Crippen molar-refractivity contribution < 1.29 is 0 Å². The van der Waals surface area contributed by atoms with Crippen LogP contribution in [0.5, 0.6) is 0 Å². The molecule has 0 aliphatic rings. The smallest absolute Gasteiger partial charge is 0.0902 e. The van der Waals surface area contributed by atoms with Gasteiger partial charge in [-0.05, 0) is 32.4 Å². The van der Waals surface area contributed by atoms with Gasteiger partial charge in [-0.15, -0.1) is 0 Å². The summed E-state index contributed by atoms with van der Waals surface area (Å²) in [5.41, 5.74) is 14.3. The molecule has 80 valence electrons. The van der Waals surface area contributed by atoms with Crippen molar-refractivity contribution in [2.75, 3.05) is 0 Å². The van der Waals surface area contributed by atoms with Gasteiger partial charge in [-0.2, -0.15) is 0 Å². The Kier molecular flexibility index (Phi) is 3.09. The zero-order valence-electron chi connectivity index (χ0n) is 9.26. The predicted octanol–water partition coefficient (Wildman–Crippen LogP) is -0.439. The van der Waals surface area contributed by atoms with Crippen LogP contribution < -0.4 is 22.0 Å². The van der Waals surface area contributed by atoms with Crippen LogP contribution in [-0.4, -0.2) is 11.2 Å². The first kappa shape index (κ1) is 11.2. The van der Waals surface area contributed by atoms with E-state index in [0.717, 1.165) is 16.1 Å². The normalized spacial score (nSPS) is 14.6. The van der Waals surface area contributed by atoms with Gasteiger partial charge in [-0.25, -0.2) is 4.98 Å². The first-order chi connectivity index (χ1) is 6.97. The van der Waals surface area contributed by atoms with Crippen molar-refractivity contribution >= 4 is 17.6 Å². The van der Waals surface area contributed by atoms with Crippen LogP contribution in [0.3, 0.4) is 0 Å². The van der Waals surface area contributed by atoms with Crippen LogP contribution >= 0.6 is 0 Å². The highest BCUT2D eigenvalue weighted by atomic mass is 14.7. The van der Waals surface area contributed by atoms with Crippen molar-refractivity contribution in [3.63, 3.8) is 0 Å². The third kappa shape index (κ3) is 2.15. The SMILES string of the molecule is CC(N)=c1nc(C=N)/c(=C(/C)N)cc1C. The molecule has 1 rings (SSSR count). The van der Waals surface area contributed by atoms with Gasteiger partial charge in [0.15, 0.2) is 0 Å². The number of nitrogens with two attached hydrogens (primary N) is 2. The van der Waals surface area contributed by atoms with E-state index in [1.807, 2.05) is 13.0 Å². The Morgan fingerprint density at radius 1 is 1.33 bits per heavy atom. The monoisotopic (exact) mass is 204 g/mol. The van der Waals surface area contributed by atoms with Crippen molar-refractivity contribution in [2.24, 2.45) is 11.5 Å². The standard InChI is InChI=1S/C11H16N4/c1-6-4-9(7(2)13)10(5-12)15-11(6)8(3)14/h4-5,12H,13-14H2,1-3H3/b9-7-,11-8?,12-5?. The van der Waals surface area contributed by atoms with Crippen molar-refractivity contribution in [1.82, 2.24) is 4.98 Å². The van der Waals surface area contributed by atoms with E-state index in [0.29, 0.717) is 17.1 Å². The van der Waals surface area contributed by atoms with Crippen LogP contribution in [0.4, 0.5) is 0 Å². The van der Waals surface area contributed by atoms with E-state index in [1.54, 1.807) is 13.8 Å². The molecule has 0 saturated heterocycles. The van der Waals surface area contributed by atoms with Crippen LogP contribution in [-0.2, 0) is 0 Å². The summed E-state index contributed by atoms with van der Waals surface area (Å²) in [7, 11) is 0. The second-order valence-electron chi connectivity index (χ2n) is 3.60. The lowest BCUT2D eigenvalue weighted by Gasteiger charge is -2.02. The molecule has 1 aromatic rings. The molecule has 15 heavy (non-hydrogen) atoms. The zero-order valence-corrected chi connectivity index (χ0v) is 9.26. The summed E-state index contributed by atoms with van der Waals surface area (Å²) in [6, 6.07) is 1.91. The molecule has 0 bridgehead atoms. The fourth-order valence-electron chi connectivity index (χ4n) is 1.45. The molecule has 0 amide bonds. The molecule has 0 radical (unpaired) electrons. The van der Waals surface area contributed by atoms with E-state index in [2.05, 4.69) is 4.98 Å². The lowest BCUT2D eigenvalue weighted by atomic mass is 10.1. The number of pyridine rings is 1. The summed E-state index contributed by atoms with van der Waals surface area (Å²) >= 11 is 0. The van der Waals surface area contributed by atoms with Gasteiger partial charge >= 0.3 is 0 Å². The maximum atomic E-state index is 7.28. The molecule has 0 fully saturated rings. The number of aromatic nitrogens is 1. The van der Waals surface area contributed by atoms with Gasteiger partial charge in [0.25, 0.3) is 0 Å². The summed E-state index contributed by atoms with van der Waals surface area (Å²) in [4.78, 5) is 4.31. The molecule has 4 heteroatoms. The maximum Gasteiger partial charge on any atom is 0.0902 e. The summed E-state index contributed by atoms with van der Waals surface area (Å²) in [6.07, 6.45) is 1.19. The minimum atomic E-state index is 0.556. The highest BCUT2D eigenvalue weighted by Gasteiger charge is 2.00. The molecular formula is C11H16N4. The van der Waals surface area contributed by atoms with Gasteiger partial charge in [0.05, 0.1) is 11.0 Å². The first-order valence-corrected chi connectivity index (χ1v) is 4.68. The van der Waals surface area contributed by atoms with Gasteiger partial charge in [-0.3, -0.25) is 0 Å². The van der Waals surface area contributed by atoms with Crippen molar-refractivity contribution in [3.8, 4) is 0 Å². The molecule has 0 saturated carbocycles. The van der Waals surface area contributed by atoms with Gasteiger partial charge in [0, 0.05) is 22.8 Å². The van der Waals surface area contributed by atoms with Gasteiger partial charge in [0.1, 0.15) is 0 Å². The van der Waals surface area contributed by atoms with Crippen LogP contribution in [0, 0.1) is 12.3 Å². The molecule has 0 aliphatic carbocycles. The first-order valence-electron chi connectivity index (χ1n) is 4.68. The number of nitrogens with zero attached hydrogens (tertiary/aromatic N) is 1. The molecular weight excluding hydrogens is 188 g/mol. The lowest BCUT2D eigenvalue weighted by molar-refractivity contribution is 1.12. The molecule has 1 aromatic heterocycles. The van der Waals surface area contributed by atoms with Gasteiger partial charge in [0.2, 0.25) is 0 Å². The van der Waals surface area contributed by atoms with Crippen LogP contribution in [0.1, 0.15) is 25.1 Å². The van der Waals surface area contributed by atoms with Crippen molar-refractivity contribution in [1.29, 1.82) is 5.41 Å². The Labute approximate surface area is 88.8 Å². The molecule has 0 unspecified atom stereocenters. The largest absolute Gasteiger partial charge is 0.402 e. The van der Waals surface area contributed by atoms with E-state index in [9.17, 15) is 0 Å². The number of hydrogen-bond donors (Lipinski definition) is 3. The average molecular weight is 204 g/mol. The highest BCUT2D eigenvalue weighted by Crippen LogP contribution is 1.88. The van der Waals surface area contributed by atoms with Crippen LogP contribution in [0.15, 0.2) is 6.07 Å². The quantitative estimate of drug-likeness (QED) is 0.542. The molecule has 0 aliphatic heterocycles. The highest BCUT2D eigenvalue weighted by molar-refractivity contribution is 5.75. The molecule has 0 aromatic carbocycles. The Hall–Kier alpha value is -1.84. The van der Waals surface area contributed by atoms with E-state index >= 15 is 0 Å². The number of rotatable bonds is 1. The molecule has 0 atom stereocenters. The Balaban J connectivity index is 3.82. The molecule has 5 N–H and O–H groups in total. The minimum Gasteiger partial charge on any atom is -0.402 e. The van der Waals surface area contributed by atoms with E-state index in [4.69, 9.17) is 16.9 Å².